The molecule has 2 heterocycles. The number of aliphatic carboxylic acids is 1. The number of hydrogen-bond acceptors (Lipinski definition) is 4. The van der Waals surface area contributed by atoms with Gasteiger partial charge in [-0.05, 0) is 30.6 Å². The van der Waals surface area contributed by atoms with Crippen LogP contribution in [0, 0.1) is 0 Å². The predicted molar refractivity (Wildman–Crippen MR) is 77.1 cm³/mol. The molecule has 0 unspecified atom stereocenters. The molecular weight excluding hydrogens is 278 g/mol. The zero-order valence-electron chi connectivity index (χ0n) is 10.9. The Morgan fingerprint density at radius 3 is 2.95 bits per heavy atom. The van der Waals surface area contributed by atoms with Gasteiger partial charge in [0, 0.05) is 12.4 Å². The second-order valence-corrected chi connectivity index (χ2v) is 5.22. The van der Waals surface area contributed by atoms with Gasteiger partial charge in [-0.2, -0.15) is 11.8 Å². The minimum absolute atomic E-state index is 0.214. The number of carbonyl (C=O) groups excluding carboxylic acids is 1. The van der Waals surface area contributed by atoms with E-state index in [1.54, 1.807) is 22.9 Å². The van der Waals surface area contributed by atoms with Crippen molar-refractivity contribution in [3.05, 3.63) is 36.3 Å². The molecule has 2 rings (SSSR count). The number of pyridine rings is 1. The van der Waals surface area contributed by atoms with Crippen LogP contribution in [0.2, 0.25) is 0 Å². The first-order valence-corrected chi connectivity index (χ1v) is 7.47. The van der Waals surface area contributed by atoms with Crippen LogP contribution < -0.4 is 5.32 Å². The molecule has 0 aromatic carbocycles. The zero-order valence-corrected chi connectivity index (χ0v) is 11.8. The normalized spacial score (nSPS) is 12.2. The molecule has 0 saturated heterocycles. The molecule has 1 atom stereocenters. The lowest BCUT2D eigenvalue weighted by atomic mass is 10.2. The van der Waals surface area contributed by atoms with Crippen molar-refractivity contribution < 1.29 is 14.7 Å². The maximum Gasteiger partial charge on any atom is 0.326 e. The van der Waals surface area contributed by atoms with Crippen molar-refractivity contribution in [1.82, 2.24) is 14.7 Å². The third-order valence-corrected chi connectivity index (χ3v) is 3.45. The van der Waals surface area contributed by atoms with Gasteiger partial charge in [0.2, 0.25) is 0 Å². The number of carbonyl (C=O) groups is 2. The van der Waals surface area contributed by atoms with Crippen molar-refractivity contribution in [2.24, 2.45) is 0 Å². The first kappa shape index (κ1) is 14.4. The van der Waals surface area contributed by atoms with Crippen molar-refractivity contribution in [1.29, 1.82) is 0 Å². The van der Waals surface area contributed by atoms with E-state index in [2.05, 4.69) is 10.3 Å². The molecule has 106 valence electrons. The summed E-state index contributed by atoms with van der Waals surface area (Å²) in [6.45, 7) is 0. The molecule has 2 aromatic rings. The SMILES string of the molecule is CSCC[C@H](NC(=O)c1cn2ccccc2n1)C(=O)O. The first-order valence-electron chi connectivity index (χ1n) is 6.08. The third kappa shape index (κ3) is 3.30. The Balaban J connectivity index is 2.11. The van der Waals surface area contributed by atoms with E-state index in [4.69, 9.17) is 5.11 Å². The largest absolute Gasteiger partial charge is 0.480 e. The van der Waals surface area contributed by atoms with Gasteiger partial charge in [-0.3, -0.25) is 4.79 Å². The minimum atomic E-state index is -1.03. The molecule has 1 amide bonds. The predicted octanol–water partition coefficient (Wildman–Crippen LogP) is 1.27. The molecule has 6 nitrogen and oxygen atoms in total. The Morgan fingerprint density at radius 2 is 2.30 bits per heavy atom. The van der Waals surface area contributed by atoms with Crippen molar-refractivity contribution in [2.75, 3.05) is 12.0 Å². The van der Waals surface area contributed by atoms with Crippen molar-refractivity contribution in [3.63, 3.8) is 0 Å². The Labute approximate surface area is 120 Å². The van der Waals surface area contributed by atoms with Gasteiger partial charge in [-0.15, -0.1) is 0 Å². The number of hydrogen-bond donors (Lipinski definition) is 2. The van der Waals surface area contributed by atoms with Gasteiger partial charge < -0.3 is 14.8 Å². The van der Waals surface area contributed by atoms with E-state index in [1.165, 1.54) is 11.8 Å². The fraction of sp³-hybridized carbons (Fsp3) is 0.308. The van der Waals surface area contributed by atoms with Gasteiger partial charge in [0.1, 0.15) is 17.4 Å². The highest BCUT2D eigenvalue weighted by molar-refractivity contribution is 7.98. The lowest BCUT2D eigenvalue weighted by Gasteiger charge is -2.12. The fourth-order valence-corrected chi connectivity index (χ4v) is 2.24. The number of carboxylic acids is 1. The smallest absolute Gasteiger partial charge is 0.326 e. The van der Waals surface area contributed by atoms with E-state index in [0.717, 1.165) is 0 Å². The lowest BCUT2D eigenvalue weighted by molar-refractivity contribution is -0.139. The van der Waals surface area contributed by atoms with Crippen LogP contribution in [0.25, 0.3) is 5.65 Å². The Bertz CT molecular complexity index is 593. The summed E-state index contributed by atoms with van der Waals surface area (Å²) < 4.78 is 1.71. The number of imidazole rings is 1. The molecule has 7 heteroatoms. The number of thioether (sulfide) groups is 1. The zero-order chi connectivity index (χ0) is 14.5. The molecular formula is C13H15N3O3S. The van der Waals surface area contributed by atoms with E-state index in [1.807, 2.05) is 18.4 Å². The summed E-state index contributed by atoms with van der Waals surface area (Å²) in [6, 6.07) is 4.54. The number of nitrogens with one attached hydrogen (secondary N) is 1. The summed E-state index contributed by atoms with van der Waals surface area (Å²) in [7, 11) is 0. The standard InChI is InChI=1S/C13H15N3O3S/c1-20-7-5-9(13(18)19)15-12(17)10-8-16-6-3-2-4-11(16)14-10/h2-4,6,8-9H,5,7H2,1H3,(H,15,17)(H,18,19)/t9-/m0/s1. The maximum absolute atomic E-state index is 12.0. The number of nitrogens with zero attached hydrogens (tertiary/aromatic N) is 2. The molecule has 0 bridgehead atoms. The highest BCUT2D eigenvalue weighted by Crippen LogP contribution is 2.06. The first-order chi connectivity index (χ1) is 9.61. The summed E-state index contributed by atoms with van der Waals surface area (Å²) in [5.41, 5.74) is 0.861. The Hall–Kier alpha value is -2.02. The molecule has 0 aliphatic carbocycles. The minimum Gasteiger partial charge on any atom is -0.480 e. The second kappa shape index (κ2) is 6.42. The molecule has 0 fully saturated rings. The molecule has 0 spiro atoms. The van der Waals surface area contributed by atoms with E-state index in [-0.39, 0.29) is 5.69 Å². The van der Waals surface area contributed by atoms with E-state index in [0.29, 0.717) is 17.8 Å². The summed E-state index contributed by atoms with van der Waals surface area (Å²) in [5.74, 6) is -0.832. The molecule has 20 heavy (non-hydrogen) atoms. The van der Waals surface area contributed by atoms with Crippen LogP contribution in [0.15, 0.2) is 30.6 Å². The average molecular weight is 293 g/mol. The van der Waals surface area contributed by atoms with Gasteiger partial charge in [0.15, 0.2) is 0 Å². The highest BCUT2D eigenvalue weighted by atomic mass is 32.2. The molecule has 0 radical (unpaired) electrons. The average Bonchev–Trinajstić information content (AvgIpc) is 2.86. The summed E-state index contributed by atoms with van der Waals surface area (Å²) in [6.07, 6.45) is 5.64. The van der Waals surface area contributed by atoms with Gasteiger partial charge >= 0.3 is 5.97 Å². The fourth-order valence-electron chi connectivity index (χ4n) is 1.77. The van der Waals surface area contributed by atoms with Crippen molar-refractivity contribution in [3.8, 4) is 0 Å². The molecule has 2 N–H and O–H groups in total. The molecule has 0 saturated carbocycles. The van der Waals surface area contributed by atoms with Gasteiger partial charge in [-0.1, -0.05) is 6.07 Å². The third-order valence-electron chi connectivity index (χ3n) is 2.81. The van der Waals surface area contributed by atoms with Crippen LogP contribution >= 0.6 is 11.8 Å². The van der Waals surface area contributed by atoms with Crippen LogP contribution in [-0.4, -0.2) is 44.4 Å². The quantitative estimate of drug-likeness (QED) is 0.838. The summed E-state index contributed by atoms with van der Waals surface area (Å²) in [4.78, 5) is 27.3. The van der Waals surface area contributed by atoms with E-state index < -0.39 is 17.9 Å². The highest BCUT2D eigenvalue weighted by Gasteiger charge is 2.21. The van der Waals surface area contributed by atoms with Gasteiger partial charge in [0.05, 0.1) is 0 Å². The summed E-state index contributed by atoms with van der Waals surface area (Å²) >= 11 is 1.54. The van der Waals surface area contributed by atoms with Crippen LogP contribution in [0.5, 0.6) is 0 Å². The number of rotatable bonds is 6. The lowest BCUT2D eigenvalue weighted by Crippen LogP contribution is -2.41. The number of amides is 1. The number of aromatic nitrogens is 2. The molecule has 0 aliphatic rings. The second-order valence-electron chi connectivity index (χ2n) is 4.24. The van der Waals surface area contributed by atoms with Gasteiger partial charge in [-0.25, -0.2) is 9.78 Å². The van der Waals surface area contributed by atoms with Crippen LogP contribution in [0.4, 0.5) is 0 Å². The monoisotopic (exact) mass is 293 g/mol. The van der Waals surface area contributed by atoms with Crippen molar-refractivity contribution >= 4 is 29.3 Å². The summed E-state index contributed by atoms with van der Waals surface area (Å²) in [5, 5.41) is 11.6. The van der Waals surface area contributed by atoms with Crippen molar-refractivity contribution in [2.45, 2.75) is 12.5 Å². The Morgan fingerprint density at radius 1 is 1.50 bits per heavy atom. The molecule has 0 aliphatic heterocycles. The maximum atomic E-state index is 12.0. The van der Waals surface area contributed by atoms with Gasteiger partial charge in [0.25, 0.3) is 5.91 Å². The Kier molecular flexibility index (Phi) is 4.62. The number of carboxylic acid groups (broad SMARTS) is 1. The van der Waals surface area contributed by atoms with E-state index >= 15 is 0 Å². The van der Waals surface area contributed by atoms with Crippen LogP contribution in [0.1, 0.15) is 16.9 Å². The van der Waals surface area contributed by atoms with E-state index in [9.17, 15) is 9.59 Å². The topological polar surface area (TPSA) is 83.7 Å². The molecule has 2 aromatic heterocycles. The van der Waals surface area contributed by atoms with Crippen LogP contribution in [0.3, 0.4) is 0 Å². The number of fused-ring (bicyclic) bond motifs is 1. The van der Waals surface area contributed by atoms with Crippen LogP contribution in [-0.2, 0) is 4.79 Å².